The molecule has 1 heterocycles. The zero-order chi connectivity index (χ0) is 16.6. The zero-order valence-corrected chi connectivity index (χ0v) is 13.4. The predicted octanol–water partition coefficient (Wildman–Crippen LogP) is 2.65. The van der Waals surface area contributed by atoms with E-state index in [1.54, 1.807) is 0 Å². The van der Waals surface area contributed by atoms with Gasteiger partial charge in [0, 0.05) is 24.7 Å². The lowest BCUT2D eigenvalue weighted by Crippen LogP contribution is -2.36. The van der Waals surface area contributed by atoms with Crippen LogP contribution in [-0.2, 0) is 23.0 Å². The van der Waals surface area contributed by atoms with Crippen molar-refractivity contribution in [1.29, 1.82) is 0 Å². The first-order valence-corrected chi connectivity index (χ1v) is 8.66. The van der Waals surface area contributed by atoms with E-state index in [2.05, 4.69) is 0 Å². The third-order valence-corrected chi connectivity index (χ3v) is 6.16. The predicted molar refractivity (Wildman–Crippen MR) is 85.6 cm³/mol. The molecule has 0 unspecified atom stereocenters. The minimum Gasteiger partial charge on any atom is -0.258 e. The molecule has 0 fully saturated rings. The Bertz CT molecular complexity index is 877. The van der Waals surface area contributed by atoms with Gasteiger partial charge in [0.2, 0.25) is 10.0 Å². The Morgan fingerprint density at radius 1 is 1.09 bits per heavy atom. The molecule has 2 aromatic carbocycles. The van der Waals surface area contributed by atoms with Crippen LogP contribution in [0.1, 0.15) is 16.7 Å². The molecular weight excluding hydrogens is 316 g/mol. The molecule has 0 bridgehead atoms. The van der Waals surface area contributed by atoms with Crippen molar-refractivity contribution in [2.45, 2.75) is 24.8 Å². The quantitative estimate of drug-likeness (QED) is 0.639. The standard InChI is InChI=1S/C16H16N2O4S/c1-12-15(18(19)20)7-4-8-16(12)23(21,22)17-10-9-13-5-2-3-6-14(13)11-17/h2-8H,9-11H2,1H3. The van der Waals surface area contributed by atoms with Gasteiger partial charge in [0.1, 0.15) is 0 Å². The first-order chi connectivity index (χ1) is 10.9. The second-order valence-corrected chi connectivity index (χ2v) is 7.42. The van der Waals surface area contributed by atoms with Crippen LogP contribution in [0.4, 0.5) is 5.69 Å². The number of nitro benzene ring substituents is 1. The summed E-state index contributed by atoms with van der Waals surface area (Å²) in [5.74, 6) is 0. The fraction of sp³-hybridized carbons (Fsp3) is 0.250. The molecule has 0 saturated carbocycles. The summed E-state index contributed by atoms with van der Waals surface area (Å²) in [6.45, 7) is 2.14. The van der Waals surface area contributed by atoms with Crippen molar-refractivity contribution in [2.24, 2.45) is 0 Å². The molecule has 0 spiro atoms. The summed E-state index contributed by atoms with van der Waals surface area (Å²) >= 11 is 0. The third kappa shape index (κ3) is 2.73. The second kappa shape index (κ2) is 5.75. The molecule has 6 nitrogen and oxygen atoms in total. The smallest absolute Gasteiger partial charge is 0.258 e. The van der Waals surface area contributed by atoms with Gasteiger partial charge in [-0.25, -0.2) is 8.42 Å². The van der Waals surface area contributed by atoms with Gasteiger partial charge in [-0.15, -0.1) is 0 Å². The van der Waals surface area contributed by atoms with E-state index in [9.17, 15) is 18.5 Å². The molecule has 120 valence electrons. The fourth-order valence-electron chi connectivity index (χ4n) is 2.89. The number of nitro groups is 1. The monoisotopic (exact) mass is 332 g/mol. The lowest BCUT2D eigenvalue weighted by atomic mass is 10.0. The molecule has 1 aliphatic rings. The van der Waals surface area contributed by atoms with Crippen molar-refractivity contribution in [1.82, 2.24) is 4.31 Å². The van der Waals surface area contributed by atoms with Crippen LogP contribution in [-0.4, -0.2) is 24.2 Å². The van der Waals surface area contributed by atoms with E-state index < -0.39 is 14.9 Å². The fourth-order valence-corrected chi connectivity index (χ4v) is 4.56. The number of fused-ring (bicyclic) bond motifs is 1. The average molecular weight is 332 g/mol. The number of benzene rings is 2. The van der Waals surface area contributed by atoms with Gasteiger partial charge >= 0.3 is 0 Å². The number of rotatable bonds is 3. The summed E-state index contributed by atoms with van der Waals surface area (Å²) in [6.07, 6.45) is 0.642. The molecule has 23 heavy (non-hydrogen) atoms. The van der Waals surface area contributed by atoms with Gasteiger partial charge in [-0.1, -0.05) is 30.3 Å². The second-order valence-electron chi connectivity index (χ2n) is 5.51. The molecular formula is C16H16N2O4S. The molecule has 0 atom stereocenters. The van der Waals surface area contributed by atoms with E-state index in [4.69, 9.17) is 0 Å². The third-order valence-electron chi connectivity index (χ3n) is 4.17. The summed E-state index contributed by atoms with van der Waals surface area (Å²) in [5.41, 5.74) is 2.12. The Labute approximate surface area is 134 Å². The minimum absolute atomic E-state index is 0.00563. The molecule has 2 aromatic rings. The Balaban J connectivity index is 2.01. The lowest BCUT2D eigenvalue weighted by molar-refractivity contribution is -0.385. The van der Waals surface area contributed by atoms with Crippen LogP contribution < -0.4 is 0 Å². The Morgan fingerprint density at radius 3 is 2.48 bits per heavy atom. The molecule has 0 aliphatic carbocycles. The maximum Gasteiger partial charge on any atom is 0.273 e. The van der Waals surface area contributed by atoms with Crippen molar-refractivity contribution in [2.75, 3.05) is 6.54 Å². The molecule has 1 aliphatic heterocycles. The van der Waals surface area contributed by atoms with E-state index in [1.807, 2.05) is 24.3 Å². The minimum atomic E-state index is -3.76. The van der Waals surface area contributed by atoms with Crippen LogP contribution in [0.3, 0.4) is 0 Å². The lowest BCUT2D eigenvalue weighted by Gasteiger charge is -2.28. The van der Waals surface area contributed by atoms with Gasteiger partial charge in [-0.05, 0) is 30.5 Å². The maximum absolute atomic E-state index is 12.9. The largest absolute Gasteiger partial charge is 0.273 e. The first kappa shape index (κ1) is 15.6. The Hall–Kier alpha value is -2.25. The van der Waals surface area contributed by atoms with E-state index in [0.29, 0.717) is 19.5 Å². The molecule has 0 amide bonds. The van der Waals surface area contributed by atoms with Crippen molar-refractivity contribution in [3.05, 3.63) is 69.3 Å². The van der Waals surface area contributed by atoms with Crippen LogP contribution in [0.5, 0.6) is 0 Å². The summed E-state index contributed by atoms with van der Waals surface area (Å²) in [7, 11) is -3.76. The van der Waals surface area contributed by atoms with Gasteiger partial charge in [-0.2, -0.15) is 4.31 Å². The van der Waals surface area contributed by atoms with E-state index in [1.165, 1.54) is 29.4 Å². The van der Waals surface area contributed by atoms with Crippen molar-refractivity contribution in [3.63, 3.8) is 0 Å². The van der Waals surface area contributed by atoms with Crippen LogP contribution in [0.15, 0.2) is 47.4 Å². The molecule has 0 saturated heterocycles. The molecule has 0 radical (unpaired) electrons. The average Bonchev–Trinajstić information content (AvgIpc) is 2.54. The summed E-state index contributed by atoms with van der Waals surface area (Å²) in [4.78, 5) is 10.5. The Morgan fingerprint density at radius 2 is 1.78 bits per heavy atom. The SMILES string of the molecule is Cc1c([N+](=O)[O-])cccc1S(=O)(=O)N1CCc2ccccc2C1. The highest BCUT2D eigenvalue weighted by Gasteiger charge is 2.31. The maximum atomic E-state index is 12.9. The first-order valence-electron chi connectivity index (χ1n) is 7.22. The van der Waals surface area contributed by atoms with Crippen LogP contribution in [0.25, 0.3) is 0 Å². The highest BCUT2D eigenvalue weighted by Crippen LogP contribution is 2.30. The highest BCUT2D eigenvalue weighted by atomic mass is 32.2. The van der Waals surface area contributed by atoms with Crippen LogP contribution in [0.2, 0.25) is 0 Å². The van der Waals surface area contributed by atoms with Gasteiger partial charge < -0.3 is 0 Å². The zero-order valence-electron chi connectivity index (χ0n) is 12.6. The van der Waals surface area contributed by atoms with E-state index >= 15 is 0 Å². The van der Waals surface area contributed by atoms with Gasteiger partial charge in [0.25, 0.3) is 5.69 Å². The van der Waals surface area contributed by atoms with E-state index in [0.717, 1.165) is 11.1 Å². The number of nitrogens with zero attached hydrogens (tertiary/aromatic N) is 2. The van der Waals surface area contributed by atoms with Crippen LogP contribution in [0, 0.1) is 17.0 Å². The van der Waals surface area contributed by atoms with Gasteiger partial charge in [0.05, 0.1) is 9.82 Å². The molecule has 0 aromatic heterocycles. The highest BCUT2D eigenvalue weighted by molar-refractivity contribution is 7.89. The summed E-state index contributed by atoms with van der Waals surface area (Å²) in [5, 5.41) is 11.0. The molecule has 0 N–H and O–H groups in total. The van der Waals surface area contributed by atoms with Gasteiger partial charge in [-0.3, -0.25) is 10.1 Å². The number of sulfonamides is 1. The Kier molecular flexibility index (Phi) is 3.91. The van der Waals surface area contributed by atoms with E-state index in [-0.39, 0.29) is 16.1 Å². The molecule has 3 rings (SSSR count). The summed E-state index contributed by atoms with van der Waals surface area (Å²) in [6, 6.07) is 11.9. The molecule has 7 heteroatoms. The van der Waals surface area contributed by atoms with Crippen LogP contribution >= 0.6 is 0 Å². The van der Waals surface area contributed by atoms with Crippen molar-refractivity contribution in [3.8, 4) is 0 Å². The number of hydrogen-bond donors (Lipinski definition) is 0. The normalized spacial score (nSPS) is 15.2. The number of hydrogen-bond acceptors (Lipinski definition) is 4. The topological polar surface area (TPSA) is 80.5 Å². The van der Waals surface area contributed by atoms with Gasteiger partial charge in [0.15, 0.2) is 0 Å². The summed E-state index contributed by atoms with van der Waals surface area (Å²) < 4.78 is 27.2. The van der Waals surface area contributed by atoms with Crippen molar-refractivity contribution >= 4 is 15.7 Å². The van der Waals surface area contributed by atoms with Crippen molar-refractivity contribution < 1.29 is 13.3 Å².